The Morgan fingerprint density at radius 1 is 1.52 bits per heavy atom. The van der Waals surface area contributed by atoms with Crippen LogP contribution < -0.4 is 10.2 Å². The Morgan fingerprint density at radius 3 is 3.13 bits per heavy atom. The summed E-state index contributed by atoms with van der Waals surface area (Å²) < 4.78 is 4.21. The molecule has 1 saturated heterocycles. The third-order valence-corrected chi connectivity index (χ3v) is 6.75. The molecule has 3 aromatic rings. The highest BCUT2D eigenvalue weighted by Gasteiger charge is 2.38. The lowest BCUT2D eigenvalue weighted by Gasteiger charge is -2.28. The molecule has 0 radical (unpaired) electrons. The van der Waals surface area contributed by atoms with E-state index >= 15 is 0 Å². The highest BCUT2D eigenvalue weighted by molar-refractivity contribution is 7.09. The third-order valence-electron chi connectivity index (χ3n) is 6.09. The van der Waals surface area contributed by atoms with Gasteiger partial charge in [0.05, 0.1) is 11.3 Å². The van der Waals surface area contributed by atoms with Gasteiger partial charge in [0, 0.05) is 67.8 Å². The van der Waals surface area contributed by atoms with E-state index in [0.717, 1.165) is 35.4 Å². The fourth-order valence-corrected chi connectivity index (χ4v) is 5.12. The number of nitrogens with zero attached hydrogens (tertiary/aromatic N) is 6. The predicted molar refractivity (Wildman–Crippen MR) is 119 cm³/mol. The van der Waals surface area contributed by atoms with Crippen molar-refractivity contribution >= 4 is 39.4 Å². The molecule has 2 amide bonds. The molecule has 3 aromatic heterocycles. The maximum atomic E-state index is 12.7. The van der Waals surface area contributed by atoms with Crippen LogP contribution in [0.15, 0.2) is 30.1 Å². The van der Waals surface area contributed by atoms with E-state index in [1.54, 1.807) is 6.20 Å². The van der Waals surface area contributed by atoms with Crippen LogP contribution in [0.2, 0.25) is 0 Å². The number of H-pyrrole nitrogens is 1. The summed E-state index contributed by atoms with van der Waals surface area (Å²) in [6, 6.07) is 4.28. The Kier molecular flexibility index (Phi) is 4.82. The zero-order valence-corrected chi connectivity index (χ0v) is 18.1. The van der Waals surface area contributed by atoms with Gasteiger partial charge in [0.15, 0.2) is 0 Å². The first-order chi connectivity index (χ1) is 15.1. The van der Waals surface area contributed by atoms with E-state index in [4.69, 9.17) is 0 Å². The molecule has 1 fully saturated rings. The number of carbonyl (C=O) groups excluding carboxylic acids is 1. The third kappa shape index (κ3) is 3.41. The van der Waals surface area contributed by atoms with Crippen LogP contribution in [0.1, 0.15) is 24.7 Å². The van der Waals surface area contributed by atoms with Crippen LogP contribution in [0.3, 0.4) is 0 Å². The van der Waals surface area contributed by atoms with Crippen molar-refractivity contribution in [2.75, 3.05) is 30.4 Å². The summed E-state index contributed by atoms with van der Waals surface area (Å²) in [5, 5.41) is 14.0. The van der Waals surface area contributed by atoms with Crippen molar-refractivity contribution in [2.24, 2.45) is 5.92 Å². The molecule has 0 spiro atoms. The first-order valence-corrected chi connectivity index (χ1v) is 11.0. The number of hydrogen-bond donors (Lipinski definition) is 2. The van der Waals surface area contributed by atoms with Crippen LogP contribution in [0.5, 0.6) is 0 Å². The number of amides is 2. The Balaban J connectivity index is 1.31. The Hall–Kier alpha value is -3.45. The molecule has 2 N–H and O–H groups in total. The molecule has 0 saturated carbocycles. The van der Waals surface area contributed by atoms with Crippen LogP contribution in [0, 0.1) is 17.2 Å². The molecule has 158 valence electrons. The zero-order valence-electron chi connectivity index (χ0n) is 17.3. The topological polar surface area (TPSA) is 114 Å². The number of nitriles is 1. The maximum absolute atomic E-state index is 12.7. The van der Waals surface area contributed by atoms with Gasteiger partial charge in [-0.15, -0.1) is 0 Å². The van der Waals surface area contributed by atoms with Gasteiger partial charge in [-0.2, -0.15) is 9.64 Å². The first kappa shape index (κ1) is 19.5. The van der Waals surface area contributed by atoms with E-state index in [9.17, 15) is 10.1 Å². The molecular formula is C21H22N8OS. The minimum Gasteiger partial charge on any atom is -0.366 e. The molecule has 2 aliphatic rings. The summed E-state index contributed by atoms with van der Waals surface area (Å²) in [6.07, 6.45) is 7.37. The fourth-order valence-electron chi connectivity index (χ4n) is 4.48. The number of urea groups is 1. The molecule has 5 rings (SSSR count). The number of carbonyl (C=O) groups is 1. The second-order valence-corrected chi connectivity index (χ2v) is 8.66. The molecule has 2 unspecified atom stereocenters. The number of aromatic amines is 1. The molecule has 2 atom stereocenters. The summed E-state index contributed by atoms with van der Waals surface area (Å²) in [7, 11) is 2.02. The van der Waals surface area contributed by atoms with Gasteiger partial charge in [0.25, 0.3) is 0 Å². The van der Waals surface area contributed by atoms with Gasteiger partial charge in [-0.1, -0.05) is 13.0 Å². The minimum atomic E-state index is -0.131. The maximum Gasteiger partial charge on any atom is 0.323 e. The largest absolute Gasteiger partial charge is 0.366 e. The molecule has 0 aromatic carbocycles. The van der Waals surface area contributed by atoms with Crippen LogP contribution in [-0.4, -0.2) is 56.4 Å². The fraction of sp³-hybridized carbons (Fsp3) is 0.381. The average Bonchev–Trinajstić information content (AvgIpc) is 3.54. The molecular weight excluding hydrogens is 412 g/mol. The first-order valence-electron chi connectivity index (χ1n) is 10.3. The lowest BCUT2D eigenvalue weighted by molar-refractivity contribution is 0.220. The van der Waals surface area contributed by atoms with Gasteiger partial charge in [-0.05, 0) is 18.1 Å². The van der Waals surface area contributed by atoms with E-state index in [2.05, 4.69) is 41.7 Å². The van der Waals surface area contributed by atoms with Gasteiger partial charge in [0.2, 0.25) is 5.13 Å². The highest BCUT2D eigenvalue weighted by Crippen LogP contribution is 2.38. The zero-order chi connectivity index (χ0) is 21.5. The van der Waals surface area contributed by atoms with E-state index in [0.29, 0.717) is 29.7 Å². The summed E-state index contributed by atoms with van der Waals surface area (Å²) in [5.74, 6) is 1.07. The van der Waals surface area contributed by atoms with Gasteiger partial charge < -0.3 is 14.8 Å². The standard InChI is InChI=1S/C21H22N8OS/c1-3-17-25-20(31-27-17)26-21(30)29-10-12-6-15(7-13(12)11-29)28(2)18-14(8-22)9-24-19-16(18)4-5-23-19/h4-6,9,13,15H,3,7,10-11H2,1-2H3,(H,23,24)(H,25,26,27,30). The quantitative estimate of drug-likeness (QED) is 0.610. The van der Waals surface area contributed by atoms with E-state index in [-0.39, 0.29) is 12.1 Å². The lowest BCUT2D eigenvalue weighted by Crippen LogP contribution is -2.35. The smallest absolute Gasteiger partial charge is 0.323 e. The van der Waals surface area contributed by atoms with Crippen LogP contribution in [-0.2, 0) is 6.42 Å². The second-order valence-electron chi connectivity index (χ2n) is 7.90. The number of likely N-dealkylation sites (N-methyl/N-ethyl adjacent to an activating group) is 1. The molecule has 10 heteroatoms. The number of hydrogen-bond acceptors (Lipinski definition) is 7. The molecule has 9 nitrogen and oxygen atoms in total. The van der Waals surface area contributed by atoms with E-state index in [1.807, 2.05) is 31.1 Å². The van der Waals surface area contributed by atoms with Crippen LogP contribution >= 0.6 is 11.5 Å². The number of rotatable bonds is 4. The Bertz CT molecular complexity index is 1220. The Morgan fingerprint density at radius 2 is 2.39 bits per heavy atom. The molecule has 0 bridgehead atoms. The summed E-state index contributed by atoms with van der Waals surface area (Å²) in [6.45, 7) is 3.28. The average molecular weight is 435 g/mol. The van der Waals surface area contributed by atoms with Crippen molar-refractivity contribution in [1.29, 1.82) is 5.26 Å². The van der Waals surface area contributed by atoms with Crippen molar-refractivity contribution < 1.29 is 4.79 Å². The van der Waals surface area contributed by atoms with E-state index < -0.39 is 0 Å². The van der Waals surface area contributed by atoms with Gasteiger partial charge in [-0.3, -0.25) is 5.32 Å². The van der Waals surface area contributed by atoms with E-state index in [1.165, 1.54) is 17.1 Å². The van der Waals surface area contributed by atoms with Crippen molar-refractivity contribution in [2.45, 2.75) is 25.8 Å². The molecule has 1 aliphatic carbocycles. The molecule has 1 aliphatic heterocycles. The number of pyridine rings is 1. The summed E-state index contributed by atoms with van der Waals surface area (Å²) in [4.78, 5) is 28.4. The molecule has 31 heavy (non-hydrogen) atoms. The number of fused-ring (bicyclic) bond motifs is 2. The Labute approximate surface area is 183 Å². The predicted octanol–water partition coefficient (Wildman–Crippen LogP) is 3.15. The monoisotopic (exact) mass is 434 g/mol. The minimum absolute atomic E-state index is 0.131. The van der Waals surface area contributed by atoms with Gasteiger partial charge in [0.1, 0.15) is 17.5 Å². The summed E-state index contributed by atoms with van der Waals surface area (Å²) >= 11 is 1.21. The summed E-state index contributed by atoms with van der Waals surface area (Å²) in [5.41, 5.74) is 3.51. The van der Waals surface area contributed by atoms with Crippen molar-refractivity contribution in [3.8, 4) is 6.07 Å². The van der Waals surface area contributed by atoms with Crippen LogP contribution in [0.25, 0.3) is 11.0 Å². The number of aryl methyl sites for hydroxylation is 1. The van der Waals surface area contributed by atoms with Crippen molar-refractivity contribution in [3.63, 3.8) is 0 Å². The lowest BCUT2D eigenvalue weighted by atomic mass is 10.0. The van der Waals surface area contributed by atoms with Crippen molar-refractivity contribution in [1.82, 2.24) is 24.2 Å². The number of likely N-dealkylation sites (tertiary alicyclic amines) is 1. The normalized spacial score (nSPS) is 19.9. The number of anilines is 2. The second kappa shape index (κ2) is 7.67. The van der Waals surface area contributed by atoms with Crippen LogP contribution in [0.4, 0.5) is 15.6 Å². The van der Waals surface area contributed by atoms with Crippen molar-refractivity contribution in [3.05, 3.63) is 41.5 Å². The number of nitrogens with one attached hydrogen (secondary N) is 2. The number of aromatic nitrogens is 4. The van der Waals surface area contributed by atoms with Gasteiger partial charge >= 0.3 is 6.03 Å². The highest BCUT2D eigenvalue weighted by atomic mass is 32.1. The SMILES string of the molecule is CCc1nsc(NC(=O)N2CC3=CC(N(C)c4c(C#N)cnc5[nH]ccc45)CC3C2)n1. The van der Waals surface area contributed by atoms with Gasteiger partial charge in [-0.25, -0.2) is 14.8 Å². The molecule has 4 heterocycles.